The second-order valence-electron chi connectivity index (χ2n) is 7.26. The summed E-state index contributed by atoms with van der Waals surface area (Å²) in [6.45, 7) is 3.04. The summed E-state index contributed by atoms with van der Waals surface area (Å²) < 4.78 is 7.45. The van der Waals surface area contributed by atoms with Gasteiger partial charge in [0.1, 0.15) is 5.75 Å². The smallest absolute Gasteiger partial charge is 0.345 e. The molecule has 0 aliphatic rings. The lowest BCUT2D eigenvalue weighted by molar-refractivity contribution is 0.427. The molecule has 1 N–H and O–H groups in total. The highest BCUT2D eigenvalue weighted by Crippen LogP contribution is 2.21. The second-order valence-corrected chi connectivity index (χ2v) is 7.26. The van der Waals surface area contributed by atoms with E-state index < -0.39 is 0 Å². The molecule has 0 amide bonds. The van der Waals surface area contributed by atoms with Crippen molar-refractivity contribution in [2.24, 2.45) is 0 Å². The molecule has 30 heavy (non-hydrogen) atoms. The summed E-state index contributed by atoms with van der Waals surface area (Å²) in [5, 5.41) is 15.3. The molecule has 0 saturated heterocycles. The third-order valence-electron chi connectivity index (χ3n) is 4.94. The van der Waals surface area contributed by atoms with Crippen LogP contribution in [0.1, 0.15) is 24.5 Å². The number of para-hydroxylation sites is 1. The predicted octanol–water partition coefficient (Wildman–Crippen LogP) is 4.57. The molecule has 0 aliphatic carbocycles. The monoisotopic (exact) mass is 399 g/mol. The molecule has 0 radical (unpaired) electrons. The van der Waals surface area contributed by atoms with E-state index in [9.17, 15) is 0 Å². The van der Waals surface area contributed by atoms with Crippen molar-refractivity contribution in [3.05, 3.63) is 96.1 Å². The highest BCUT2D eigenvalue weighted by molar-refractivity contribution is 5.34. The van der Waals surface area contributed by atoms with Gasteiger partial charge in [-0.1, -0.05) is 65.8 Å². The lowest BCUT2D eigenvalue weighted by Crippen LogP contribution is -2.25. The number of rotatable bonds is 9. The van der Waals surface area contributed by atoms with Crippen LogP contribution in [0.3, 0.4) is 0 Å². The van der Waals surface area contributed by atoms with Crippen molar-refractivity contribution in [3.8, 4) is 17.4 Å². The number of nitrogens with zero attached hydrogens (tertiary/aromatic N) is 4. The van der Waals surface area contributed by atoms with E-state index in [0.717, 1.165) is 25.1 Å². The van der Waals surface area contributed by atoms with Crippen LogP contribution in [-0.4, -0.2) is 26.2 Å². The Morgan fingerprint density at radius 1 is 0.867 bits per heavy atom. The van der Waals surface area contributed by atoms with E-state index in [0.29, 0.717) is 17.8 Å². The number of ether oxygens (including phenoxy) is 1. The summed E-state index contributed by atoms with van der Waals surface area (Å²) >= 11 is 0. The molecule has 0 unspecified atom stereocenters. The number of tetrazole rings is 1. The van der Waals surface area contributed by atoms with Gasteiger partial charge in [0.05, 0.1) is 5.69 Å². The first-order chi connectivity index (χ1) is 14.8. The highest BCUT2D eigenvalue weighted by atomic mass is 16.5. The van der Waals surface area contributed by atoms with Crippen LogP contribution < -0.4 is 10.1 Å². The minimum absolute atomic E-state index is 0.335. The molecule has 3 aromatic carbocycles. The molecule has 0 fully saturated rings. The molecule has 1 atom stereocenters. The van der Waals surface area contributed by atoms with Gasteiger partial charge in [0.15, 0.2) is 0 Å². The van der Waals surface area contributed by atoms with E-state index in [1.165, 1.54) is 11.1 Å². The third-order valence-corrected chi connectivity index (χ3v) is 4.94. The molecule has 6 nitrogen and oxygen atoms in total. The third kappa shape index (κ3) is 5.30. The minimum Gasteiger partial charge on any atom is -0.423 e. The lowest BCUT2D eigenvalue weighted by Gasteiger charge is -2.14. The Labute approximate surface area is 176 Å². The first-order valence-corrected chi connectivity index (χ1v) is 10.2. The summed E-state index contributed by atoms with van der Waals surface area (Å²) in [6, 6.07) is 29.0. The Kier molecular flexibility index (Phi) is 6.47. The van der Waals surface area contributed by atoms with E-state index >= 15 is 0 Å². The summed E-state index contributed by atoms with van der Waals surface area (Å²) in [5.74, 6) is 0.697. The molecule has 0 aliphatic heterocycles. The van der Waals surface area contributed by atoms with Crippen molar-refractivity contribution in [2.75, 3.05) is 0 Å². The van der Waals surface area contributed by atoms with Gasteiger partial charge in [-0.2, -0.15) is 4.68 Å². The van der Waals surface area contributed by atoms with Crippen LogP contribution in [0.5, 0.6) is 11.8 Å². The number of hydrogen-bond acceptors (Lipinski definition) is 5. The van der Waals surface area contributed by atoms with Crippen molar-refractivity contribution in [1.29, 1.82) is 0 Å². The molecule has 1 heterocycles. The SMILES string of the molecule is C[C@H](CCc1ccccc1)NCc1ccc(Oc2nnnn2-c2ccccc2)cc1. The molecule has 0 bridgehead atoms. The summed E-state index contributed by atoms with van der Waals surface area (Å²) in [6.07, 6.45) is 2.19. The number of aryl methyl sites for hydroxylation is 1. The molecule has 4 aromatic rings. The van der Waals surface area contributed by atoms with Gasteiger partial charge in [0, 0.05) is 12.6 Å². The van der Waals surface area contributed by atoms with Gasteiger partial charge < -0.3 is 10.1 Å². The van der Waals surface area contributed by atoms with Crippen molar-refractivity contribution in [2.45, 2.75) is 32.4 Å². The van der Waals surface area contributed by atoms with Gasteiger partial charge in [-0.15, -0.1) is 0 Å². The fraction of sp³-hybridized carbons (Fsp3) is 0.208. The molecule has 1 aromatic heterocycles. The highest BCUT2D eigenvalue weighted by Gasteiger charge is 2.10. The average Bonchev–Trinajstić information content (AvgIpc) is 3.26. The van der Waals surface area contributed by atoms with E-state index in [4.69, 9.17) is 4.74 Å². The zero-order valence-corrected chi connectivity index (χ0v) is 17.0. The van der Waals surface area contributed by atoms with E-state index in [2.05, 4.69) is 70.2 Å². The van der Waals surface area contributed by atoms with E-state index in [1.807, 2.05) is 42.5 Å². The van der Waals surface area contributed by atoms with Crippen molar-refractivity contribution >= 4 is 0 Å². The maximum atomic E-state index is 5.88. The Bertz CT molecular complexity index is 1030. The predicted molar refractivity (Wildman–Crippen MR) is 117 cm³/mol. The number of nitrogens with one attached hydrogen (secondary N) is 1. The second kappa shape index (κ2) is 9.80. The topological polar surface area (TPSA) is 64.9 Å². The molecule has 152 valence electrons. The zero-order chi connectivity index (χ0) is 20.6. The van der Waals surface area contributed by atoms with E-state index in [-0.39, 0.29) is 0 Å². The largest absolute Gasteiger partial charge is 0.423 e. The van der Waals surface area contributed by atoms with Crippen LogP contribution in [-0.2, 0) is 13.0 Å². The lowest BCUT2D eigenvalue weighted by atomic mass is 10.1. The number of benzene rings is 3. The van der Waals surface area contributed by atoms with Crippen LogP contribution in [0, 0.1) is 0 Å². The van der Waals surface area contributed by atoms with Gasteiger partial charge in [-0.25, -0.2) is 0 Å². The van der Waals surface area contributed by atoms with Crippen LogP contribution in [0.4, 0.5) is 0 Å². The first-order valence-electron chi connectivity index (χ1n) is 10.2. The zero-order valence-electron chi connectivity index (χ0n) is 17.0. The Hall–Kier alpha value is -3.51. The van der Waals surface area contributed by atoms with Crippen molar-refractivity contribution in [1.82, 2.24) is 25.5 Å². The van der Waals surface area contributed by atoms with Crippen molar-refractivity contribution in [3.63, 3.8) is 0 Å². The maximum absolute atomic E-state index is 5.88. The molecule has 0 spiro atoms. The molecule has 6 heteroatoms. The quantitative estimate of drug-likeness (QED) is 0.447. The van der Waals surface area contributed by atoms with Gasteiger partial charge in [-0.05, 0) is 65.6 Å². The Balaban J connectivity index is 1.29. The number of aromatic nitrogens is 4. The first kappa shape index (κ1) is 19.8. The van der Waals surface area contributed by atoms with Crippen LogP contribution in [0.25, 0.3) is 5.69 Å². The molecule has 4 rings (SSSR count). The van der Waals surface area contributed by atoms with Crippen LogP contribution >= 0.6 is 0 Å². The fourth-order valence-electron chi connectivity index (χ4n) is 3.18. The maximum Gasteiger partial charge on any atom is 0.345 e. The van der Waals surface area contributed by atoms with Gasteiger partial charge >= 0.3 is 6.01 Å². The summed E-state index contributed by atoms with van der Waals surface area (Å²) in [5.41, 5.74) is 3.44. The summed E-state index contributed by atoms with van der Waals surface area (Å²) in [4.78, 5) is 0. The van der Waals surface area contributed by atoms with E-state index in [1.54, 1.807) is 4.68 Å². The van der Waals surface area contributed by atoms with Crippen molar-refractivity contribution < 1.29 is 4.74 Å². The minimum atomic E-state index is 0.335. The molecule has 0 saturated carbocycles. The van der Waals surface area contributed by atoms with Crippen LogP contribution in [0.15, 0.2) is 84.9 Å². The molecular formula is C24H25N5O. The standard InChI is InChI=1S/C24H25N5O/c1-19(12-13-20-8-4-2-5-9-20)25-18-21-14-16-23(17-15-21)30-24-26-27-28-29(24)22-10-6-3-7-11-22/h2-11,14-17,19,25H,12-13,18H2,1H3/t19-/m1/s1. The Morgan fingerprint density at radius 3 is 2.30 bits per heavy atom. The Morgan fingerprint density at radius 2 is 1.57 bits per heavy atom. The van der Waals surface area contributed by atoms with Gasteiger partial charge in [0.2, 0.25) is 0 Å². The van der Waals surface area contributed by atoms with Gasteiger partial charge in [0.25, 0.3) is 0 Å². The number of hydrogen-bond donors (Lipinski definition) is 1. The summed E-state index contributed by atoms with van der Waals surface area (Å²) in [7, 11) is 0. The normalized spacial score (nSPS) is 11.9. The van der Waals surface area contributed by atoms with Crippen LogP contribution in [0.2, 0.25) is 0 Å². The molecular weight excluding hydrogens is 374 g/mol. The average molecular weight is 399 g/mol. The fourth-order valence-corrected chi connectivity index (χ4v) is 3.18. The van der Waals surface area contributed by atoms with Gasteiger partial charge in [-0.3, -0.25) is 0 Å².